The number of nitrogens with one attached hydrogen (secondary N) is 2. The Balaban J connectivity index is 1.55. The van der Waals surface area contributed by atoms with Crippen LogP contribution in [0.5, 0.6) is 0 Å². The van der Waals surface area contributed by atoms with Gasteiger partial charge >= 0.3 is 6.03 Å². The van der Waals surface area contributed by atoms with E-state index in [0.29, 0.717) is 5.69 Å². The van der Waals surface area contributed by atoms with Crippen LogP contribution in [0.1, 0.15) is 24.2 Å². The van der Waals surface area contributed by atoms with Gasteiger partial charge in [-0.1, -0.05) is 23.4 Å². The van der Waals surface area contributed by atoms with Crippen LogP contribution in [0.2, 0.25) is 0 Å². The van der Waals surface area contributed by atoms with Crippen LogP contribution in [0.15, 0.2) is 70.5 Å². The van der Waals surface area contributed by atoms with E-state index in [2.05, 4.69) is 20.8 Å². The zero-order valence-electron chi connectivity index (χ0n) is 13.7. The molecular weight excluding hydrogens is 336 g/mol. The molecule has 1 unspecified atom stereocenters. The van der Waals surface area contributed by atoms with E-state index in [0.717, 1.165) is 22.0 Å². The van der Waals surface area contributed by atoms with E-state index in [1.54, 1.807) is 24.0 Å². The maximum absolute atomic E-state index is 12.1. The van der Waals surface area contributed by atoms with Crippen LogP contribution in [0.25, 0.3) is 0 Å². The number of hydrogen-bond donors (Lipinski definition) is 2. The Hall–Kier alpha value is -2.80. The molecule has 0 spiro atoms. The summed E-state index contributed by atoms with van der Waals surface area (Å²) in [5, 5.41) is 10.4. The normalized spacial score (nSPS) is 11.7. The van der Waals surface area contributed by atoms with E-state index >= 15 is 0 Å². The van der Waals surface area contributed by atoms with Gasteiger partial charge in [0, 0.05) is 23.7 Å². The van der Waals surface area contributed by atoms with Crippen molar-refractivity contribution in [3.8, 4) is 0 Å². The van der Waals surface area contributed by atoms with Crippen LogP contribution in [-0.4, -0.2) is 16.2 Å². The summed E-state index contributed by atoms with van der Waals surface area (Å²) in [6.07, 6.45) is 3.26. The monoisotopic (exact) mass is 354 g/mol. The average Bonchev–Trinajstić information content (AvgIpc) is 3.16. The number of amides is 2. The molecule has 3 rings (SSSR count). The molecule has 0 bridgehead atoms. The number of nitrogens with zero attached hydrogens (tertiary/aromatic N) is 2. The minimum atomic E-state index is -0.287. The summed E-state index contributed by atoms with van der Waals surface area (Å²) in [5.74, 6) is 0.781. The van der Waals surface area contributed by atoms with Gasteiger partial charge in [0.25, 0.3) is 0 Å². The summed E-state index contributed by atoms with van der Waals surface area (Å²) in [6, 6.07) is 14.8. The Bertz CT molecular complexity index is 809. The molecule has 0 saturated carbocycles. The lowest BCUT2D eigenvalue weighted by molar-refractivity contribution is 0.249. The third-order valence-electron chi connectivity index (χ3n) is 3.46. The number of carbonyl (C=O) groups excluding carboxylic acids is 1. The standard InChI is InChI=1S/C18H18N4O2S/c1-13(16-8-10-24-22-16)20-18(23)21-15-6-4-5-14(11-15)12-25-17-7-2-3-9-19-17/h2-11,13H,12H2,1H3,(H2,20,21,23). The highest BCUT2D eigenvalue weighted by Crippen LogP contribution is 2.22. The first-order chi connectivity index (χ1) is 12.2. The lowest BCUT2D eigenvalue weighted by Gasteiger charge is -2.12. The number of urea groups is 1. The third kappa shape index (κ3) is 5.09. The quantitative estimate of drug-likeness (QED) is 0.647. The summed E-state index contributed by atoms with van der Waals surface area (Å²) < 4.78 is 4.79. The molecule has 3 aromatic rings. The van der Waals surface area contributed by atoms with Gasteiger partial charge in [-0.3, -0.25) is 0 Å². The van der Waals surface area contributed by atoms with Crippen LogP contribution in [0, 0.1) is 0 Å². The van der Waals surface area contributed by atoms with Crippen molar-refractivity contribution in [3.63, 3.8) is 0 Å². The molecule has 7 heteroatoms. The molecule has 128 valence electrons. The van der Waals surface area contributed by atoms with Gasteiger partial charge in [-0.05, 0) is 36.8 Å². The minimum Gasteiger partial charge on any atom is -0.364 e. The maximum atomic E-state index is 12.1. The molecule has 0 aliphatic carbocycles. The van der Waals surface area contributed by atoms with Crippen molar-refractivity contribution in [2.24, 2.45) is 0 Å². The van der Waals surface area contributed by atoms with Crippen LogP contribution in [0.3, 0.4) is 0 Å². The molecule has 2 heterocycles. The van der Waals surface area contributed by atoms with Crippen molar-refractivity contribution in [1.29, 1.82) is 0 Å². The predicted molar refractivity (Wildman–Crippen MR) is 97.3 cm³/mol. The van der Waals surface area contributed by atoms with E-state index in [4.69, 9.17) is 4.52 Å². The van der Waals surface area contributed by atoms with E-state index in [1.165, 1.54) is 6.26 Å². The Morgan fingerprint density at radius 2 is 2.16 bits per heavy atom. The molecule has 0 saturated heterocycles. The molecule has 0 aliphatic rings. The number of aromatic nitrogens is 2. The Morgan fingerprint density at radius 1 is 1.24 bits per heavy atom. The van der Waals surface area contributed by atoms with Gasteiger partial charge in [0.15, 0.2) is 0 Å². The van der Waals surface area contributed by atoms with E-state index in [-0.39, 0.29) is 12.1 Å². The topological polar surface area (TPSA) is 80.0 Å². The number of benzene rings is 1. The largest absolute Gasteiger partial charge is 0.364 e. The fraction of sp³-hybridized carbons (Fsp3) is 0.167. The van der Waals surface area contributed by atoms with Crippen LogP contribution in [0.4, 0.5) is 10.5 Å². The first-order valence-electron chi connectivity index (χ1n) is 7.81. The van der Waals surface area contributed by atoms with Crippen LogP contribution in [-0.2, 0) is 5.75 Å². The molecule has 6 nitrogen and oxygen atoms in total. The molecule has 2 N–H and O–H groups in total. The highest BCUT2D eigenvalue weighted by atomic mass is 32.2. The van der Waals surface area contributed by atoms with Gasteiger partial charge in [0.05, 0.1) is 11.1 Å². The van der Waals surface area contributed by atoms with Crippen molar-refractivity contribution in [3.05, 3.63) is 72.2 Å². The summed E-state index contributed by atoms with van der Waals surface area (Å²) in [4.78, 5) is 16.4. The molecule has 0 aliphatic heterocycles. The molecule has 2 amide bonds. The Kier molecular flexibility index (Phi) is 5.69. The second kappa shape index (κ2) is 8.34. The highest BCUT2D eigenvalue weighted by Gasteiger charge is 2.12. The summed E-state index contributed by atoms with van der Waals surface area (Å²) >= 11 is 1.65. The van der Waals surface area contributed by atoms with E-state index in [1.807, 2.05) is 49.4 Å². The molecule has 0 fully saturated rings. The fourth-order valence-corrected chi connectivity index (χ4v) is 3.02. The Labute approximate surface area is 150 Å². The number of carbonyl (C=O) groups is 1. The van der Waals surface area contributed by atoms with E-state index in [9.17, 15) is 4.79 Å². The number of rotatable bonds is 6. The van der Waals surface area contributed by atoms with Crippen molar-refractivity contribution < 1.29 is 9.32 Å². The van der Waals surface area contributed by atoms with Gasteiger partial charge in [-0.15, -0.1) is 11.8 Å². The zero-order valence-corrected chi connectivity index (χ0v) is 14.5. The van der Waals surface area contributed by atoms with Crippen LogP contribution >= 0.6 is 11.8 Å². The second-order valence-corrected chi connectivity index (χ2v) is 6.40. The van der Waals surface area contributed by atoms with Gasteiger partial charge in [-0.25, -0.2) is 9.78 Å². The lowest BCUT2D eigenvalue weighted by atomic mass is 10.2. The van der Waals surface area contributed by atoms with E-state index < -0.39 is 0 Å². The number of anilines is 1. The first-order valence-corrected chi connectivity index (χ1v) is 8.80. The van der Waals surface area contributed by atoms with Crippen molar-refractivity contribution in [2.75, 3.05) is 5.32 Å². The summed E-state index contributed by atoms with van der Waals surface area (Å²) in [7, 11) is 0. The Morgan fingerprint density at radius 3 is 2.92 bits per heavy atom. The number of pyridine rings is 1. The zero-order chi connectivity index (χ0) is 17.5. The first kappa shape index (κ1) is 17.0. The smallest absolute Gasteiger partial charge is 0.319 e. The van der Waals surface area contributed by atoms with Crippen molar-refractivity contribution in [2.45, 2.75) is 23.7 Å². The average molecular weight is 354 g/mol. The minimum absolute atomic E-state index is 0.235. The summed E-state index contributed by atoms with van der Waals surface area (Å²) in [6.45, 7) is 1.84. The van der Waals surface area contributed by atoms with Crippen molar-refractivity contribution >= 4 is 23.5 Å². The lowest BCUT2D eigenvalue weighted by Crippen LogP contribution is -2.31. The van der Waals surface area contributed by atoms with Gasteiger partial charge in [-0.2, -0.15) is 0 Å². The van der Waals surface area contributed by atoms with Gasteiger partial charge in [0.2, 0.25) is 0 Å². The molecular formula is C18H18N4O2S. The van der Waals surface area contributed by atoms with Gasteiger partial charge < -0.3 is 15.2 Å². The predicted octanol–water partition coefficient (Wildman–Crippen LogP) is 4.24. The molecule has 1 atom stereocenters. The number of thioether (sulfide) groups is 1. The maximum Gasteiger partial charge on any atom is 0.319 e. The SMILES string of the molecule is CC(NC(=O)Nc1cccc(CSc2ccccn2)c1)c1ccon1. The highest BCUT2D eigenvalue weighted by molar-refractivity contribution is 7.98. The third-order valence-corrected chi connectivity index (χ3v) is 4.47. The second-order valence-electron chi connectivity index (χ2n) is 5.40. The molecule has 2 aromatic heterocycles. The number of hydrogen-bond acceptors (Lipinski definition) is 5. The van der Waals surface area contributed by atoms with Crippen molar-refractivity contribution in [1.82, 2.24) is 15.5 Å². The molecule has 25 heavy (non-hydrogen) atoms. The van der Waals surface area contributed by atoms with Gasteiger partial charge in [0.1, 0.15) is 12.0 Å². The fourth-order valence-electron chi connectivity index (χ4n) is 2.21. The molecule has 0 radical (unpaired) electrons. The van der Waals surface area contributed by atoms with Crippen LogP contribution < -0.4 is 10.6 Å². The summed E-state index contributed by atoms with van der Waals surface area (Å²) in [5.41, 5.74) is 2.53. The molecule has 1 aromatic carbocycles.